The van der Waals surface area contributed by atoms with Crippen LogP contribution >= 0.6 is 46.6 Å². The summed E-state index contributed by atoms with van der Waals surface area (Å²) in [5.74, 6) is 1.87. The molecule has 6 aliphatic heterocycles. The zero-order chi connectivity index (χ0) is 63.8. The lowest BCUT2D eigenvalue weighted by molar-refractivity contribution is 0.491. The van der Waals surface area contributed by atoms with Crippen molar-refractivity contribution in [3.8, 4) is 44.9 Å². The first-order valence-corrected chi connectivity index (χ1v) is 36.7. The molecule has 0 spiro atoms. The molecule has 19 rings (SSSR count). The Morgan fingerprint density at radius 2 is 0.674 bits per heavy atom. The first kappa shape index (κ1) is 57.0. The van der Waals surface area contributed by atoms with Crippen molar-refractivity contribution in [1.82, 2.24) is 0 Å². The molecule has 0 N–H and O–H groups in total. The lowest BCUT2D eigenvalue weighted by atomic mass is 9.35. The molecule has 13 heteroatoms. The average Bonchev–Trinajstić information content (AvgIpc) is 1.58. The molecular weight excluding hydrogens is 1230 g/mol. The van der Waals surface area contributed by atoms with Crippen LogP contribution in [0.4, 0.5) is 73.9 Å². The SMILES string of the molecule is CSN1c2cc(-c3c(C)cccc3C)cc3c2B(c2ccccc2N3c2ccccc2)c2sc3c(c21)Oc1cc(-c2c(C)cccc2C)cc2c1B3c1sc3c(c1N2SC)N(c1ccccc1)c1cc(-c2c(C)cccc2C)cc2c1B3c1ccccc1N2c1ccccc1. The third-order valence-electron chi connectivity index (χ3n) is 20.8. The van der Waals surface area contributed by atoms with Gasteiger partial charge in [-0.25, -0.2) is 0 Å². The maximum Gasteiger partial charge on any atom is 0.281 e. The van der Waals surface area contributed by atoms with Crippen LogP contribution in [0.3, 0.4) is 0 Å². The van der Waals surface area contributed by atoms with Gasteiger partial charge in [-0.05, 0) is 244 Å². The van der Waals surface area contributed by atoms with Crippen LogP contribution in [0.5, 0.6) is 11.5 Å². The van der Waals surface area contributed by atoms with Gasteiger partial charge in [0.05, 0.1) is 22.7 Å². The zero-order valence-corrected chi connectivity index (χ0v) is 57.2. The van der Waals surface area contributed by atoms with Gasteiger partial charge in [0.15, 0.2) is 5.75 Å². The van der Waals surface area contributed by atoms with Crippen LogP contribution in [-0.4, -0.2) is 32.6 Å². The van der Waals surface area contributed by atoms with Gasteiger partial charge in [0, 0.05) is 77.1 Å². The van der Waals surface area contributed by atoms with Gasteiger partial charge < -0.3 is 19.4 Å². The predicted molar refractivity (Wildman–Crippen MR) is 416 cm³/mol. The first-order chi connectivity index (χ1) is 46.6. The number of hydrogen-bond donors (Lipinski definition) is 0. The van der Waals surface area contributed by atoms with Crippen LogP contribution in [0.25, 0.3) is 33.4 Å². The van der Waals surface area contributed by atoms with Crippen molar-refractivity contribution >= 4 is 187 Å². The smallest absolute Gasteiger partial charge is 0.281 e. The first-order valence-electron chi connectivity index (χ1n) is 32.7. The van der Waals surface area contributed by atoms with E-state index in [0.29, 0.717) is 0 Å². The Hall–Kier alpha value is -9.49. The van der Waals surface area contributed by atoms with Gasteiger partial charge in [-0.15, -0.1) is 0 Å². The topological polar surface area (TPSA) is 25.4 Å². The van der Waals surface area contributed by atoms with Gasteiger partial charge in [-0.3, -0.25) is 8.61 Å². The number of fused-ring (bicyclic) bond motifs is 14. The quantitative estimate of drug-likeness (QED) is 0.110. The molecule has 0 unspecified atom stereocenters. The molecule has 0 atom stereocenters. The molecule has 0 bridgehead atoms. The predicted octanol–water partition coefficient (Wildman–Crippen LogP) is 17.1. The van der Waals surface area contributed by atoms with Gasteiger partial charge in [0.1, 0.15) is 11.4 Å². The molecule has 6 aliphatic rings. The fourth-order valence-electron chi connectivity index (χ4n) is 17.1. The number of ether oxygens (including phenoxy) is 1. The number of aryl methyl sites for hydroxylation is 6. The molecule has 0 fully saturated rings. The van der Waals surface area contributed by atoms with Crippen LogP contribution < -0.4 is 74.5 Å². The lowest BCUT2D eigenvalue weighted by Crippen LogP contribution is -2.60. The number of anilines is 13. The standard InChI is InChI=1S/C82H62B3N5OS4/c1-47-25-22-26-48(2)69(47)53-41-63-72-65(43-53)88(58-35-16-11-17-36-58)75-76-80(94-79(75)83(72)59-37-18-20-39-61(59)86(63)56-31-12-9-13-32-56)85-74-67(89(76)92-7)45-55(71-51(5)29-24-30-52(71)6)46-68(74)91-78-77-81(95-82(78)85)84-60-38-19-21-40-62(60)87(57-33-14-10-15-34-57)64-42-54(44-66(73(64)84)90(77)93-8)70-49(3)27-23-28-50(70)4/h9-46H,1-8H3. The van der Waals surface area contributed by atoms with Crippen LogP contribution in [0.2, 0.25) is 0 Å². The Morgan fingerprint density at radius 1 is 0.316 bits per heavy atom. The summed E-state index contributed by atoms with van der Waals surface area (Å²) in [6.07, 6.45) is 4.53. The van der Waals surface area contributed by atoms with Crippen LogP contribution in [-0.2, 0) is 0 Å². The molecule has 2 aromatic heterocycles. The number of rotatable bonds is 8. The van der Waals surface area contributed by atoms with Gasteiger partial charge >= 0.3 is 0 Å². The molecule has 8 heterocycles. The van der Waals surface area contributed by atoms with Crippen molar-refractivity contribution in [2.45, 2.75) is 41.5 Å². The summed E-state index contributed by atoms with van der Waals surface area (Å²) in [6, 6.07) is 86.8. The molecule has 0 amide bonds. The van der Waals surface area contributed by atoms with E-state index in [-0.39, 0.29) is 20.1 Å². The molecule has 454 valence electrons. The van der Waals surface area contributed by atoms with Gasteiger partial charge in [0.2, 0.25) is 0 Å². The largest absolute Gasteiger partial charge is 0.455 e. The Bertz CT molecular complexity index is 5360. The molecule has 0 saturated carbocycles. The number of nitrogens with zero attached hydrogens (tertiary/aromatic N) is 5. The van der Waals surface area contributed by atoms with Crippen LogP contribution in [0.15, 0.2) is 231 Å². The molecule has 6 nitrogen and oxygen atoms in total. The maximum atomic E-state index is 8.02. The van der Waals surface area contributed by atoms with E-state index in [9.17, 15) is 0 Å². The van der Waals surface area contributed by atoms with E-state index in [1.807, 2.05) is 22.7 Å². The molecular formula is C82H62B3N5OS4. The summed E-state index contributed by atoms with van der Waals surface area (Å²) in [6.45, 7) is 13.2. The third kappa shape index (κ3) is 8.10. The van der Waals surface area contributed by atoms with Crippen molar-refractivity contribution in [1.29, 1.82) is 0 Å². The minimum atomic E-state index is -0.179. The molecule has 0 saturated heterocycles. The molecule has 11 aromatic carbocycles. The van der Waals surface area contributed by atoms with Crippen molar-refractivity contribution in [2.75, 3.05) is 35.8 Å². The third-order valence-corrected chi connectivity index (χ3v) is 24.9. The zero-order valence-electron chi connectivity index (χ0n) is 53.9. The maximum absolute atomic E-state index is 8.02. The van der Waals surface area contributed by atoms with Gasteiger partial charge in [0.25, 0.3) is 20.1 Å². The van der Waals surface area contributed by atoms with E-state index in [1.54, 1.807) is 23.9 Å². The summed E-state index contributed by atoms with van der Waals surface area (Å²) >= 11 is 7.60. The second-order valence-corrected chi connectivity index (χ2v) is 29.7. The van der Waals surface area contributed by atoms with E-state index >= 15 is 0 Å². The summed E-state index contributed by atoms with van der Waals surface area (Å²) in [5, 5.41) is 0. The highest BCUT2D eigenvalue weighted by atomic mass is 32.2. The molecule has 13 aromatic rings. The molecule has 95 heavy (non-hydrogen) atoms. The number of benzene rings is 11. The van der Waals surface area contributed by atoms with Crippen molar-refractivity contribution in [2.24, 2.45) is 0 Å². The number of hydrogen-bond acceptors (Lipinski definition) is 10. The fraction of sp³-hybridized carbons (Fsp3) is 0.0976. The lowest BCUT2D eigenvalue weighted by Gasteiger charge is -2.44. The molecule has 0 aliphatic carbocycles. The normalized spacial score (nSPS) is 13.9. The minimum Gasteiger partial charge on any atom is -0.455 e. The molecule has 0 radical (unpaired) electrons. The van der Waals surface area contributed by atoms with Crippen LogP contribution in [0.1, 0.15) is 33.4 Å². The van der Waals surface area contributed by atoms with E-state index in [2.05, 4.69) is 308 Å². The van der Waals surface area contributed by atoms with E-state index < -0.39 is 0 Å². The van der Waals surface area contributed by atoms with Crippen molar-refractivity contribution in [3.63, 3.8) is 0 Å². The van der Waals surface area contributed by atoms with E-state index in [0.717, 1.165) is 45.5 Å². The van der Waals surface area contributed by atoms with Crippen LogP contribution in [0, 0.1) is 41.5 Å². The Kier molecular flexibility index (Phi) is 12.9. The second-order valence-electron chi connectivity index (χ2n) is 26.1. The number of para-hydroxylation sites is 5. The summed E-state index contributed by atoms with van der Waals surface area (Å²) in [7, 11) is 0. The highest BCUT2D eigenvalue weighted by Crippen LogP contribution is 2.56. The Balaban J connectivity index is 0.924. The Labute approximate surface area is 573 Å². The average molecular weight is 1290 g/mol. The van der Waals surface area contributed by atoms with E-state index in [1.165, 1.54) is 153 Å². The van der Waals surface area contributed by atoms with E-state index in [4.69, 9.17) is 4.74 Å². The van der Waals surface area contributed by atoms with Crippen molar-refractivity contribution < 1.29 is 4.74 Å². The number of thiophene rings is 2. The Morgan fingerprint density at radius 3 is 1.15 bits per heavy atom. The summed E-state index contributed by atoms with van der Waals surface area (Å²) in [4.78, 5) is 7.74. The highest BCUT2D eigenvalue weighted by molar-refractivity contribution is 8.00. The monoisotopic (exact) mass is 1290 g/mol. The summed E-state index contributed by atoms with van der Waals surface area (Å²) in [5.41, 5.74) is 36.7. The van der Waals surface area contributed by atoms with Crippen molar-refractivity contribution in [3.05, 3.63) is 264 Å². The highest BCUT2D eigenvalue weighted by Gasteiger charge is 2.55. The second kappa shape index (κ2) is 21.5. The summed E-state index contributed by atoms with van der Waals surface area (Å²) < 4.78 is 18.4. The minimum absolute atomic E-state index is 0.0882. The van der Waals surface area contributed by atoms with Gasteiger partial charge in [-0.2, -0.15) is 22.7 Å². The van der Waals surface area contributed by atoms with Gasteiger partial charge in [-0.1, -0.05) is 146 Å². The fourth-order valence-corrected chi connectivity index (χ4v) is 21.7.